The molecule has 0 saturated carbocycles. The lowest BCUT2D eigenvalue weighted by Crippen LogP contribution is -1.97. The fraction of sp³-hybridized carbons (Fsp3) is 0.250. The van der Waals surface area contributed by atoms with Gasteiger partial charge in [-0.2, -0.15) is 0 Å². The minimum atomic E-state index is -0.382. The maximum absolute atomic E-state index is 10.8. The van der Waals surface area contributed by atoms with Gasteiger partial charge in [0.1, 0.15) is 10.0 Å². The molecule has 0 aliphatic heterocycles. The third-order valence-electron chi connectivity index (χ3n) is 2.49. The largest absolute Gasteiger partial charge is 0.383 e. The van der Waals surface area contributed by atoms with Gasteiger partial charge in [0.2, 0.25) is 0 Å². The van der Waals surface area contributed by atoms with Crippen molar-refractivity contribution < 1.29 is 4.92 Å². The highest BCUT2D eigenvalue weighted by molar-refractivity contribution is 8.00. The van der Waals surface area contributed by atoms with Crippen molar-refractivity contribution in [2.24, 2.45) is 0 Å². The fourth-order valence-corrected chi connectivity index (χ4v) is 3.37. The Morgan fingerprint density at radius 1 is 1.53 bits per heavy atom. The number of hydrogen-bond acceptors (Lipinski definition) is 6. The number of benzene rings is 1. The van der Waals surface area contributed by atoms with Crippen LogP contribution in [0.2, 0.25) is 0 Å². The van der Waals surface area contributed by atoms with Gasteiger partial charge in [-0.3, -0.25) is 10.1 Å². The van der Waals surface area contributed by atoms with Crippen LogP contribution in [0.4, 0.5) is 11.4 Å². The van der Waals surface area contributed by atoms with Crippen molar-refractivity contribution in [1.29, 1.82) is 0 Å². The van der Waals surface area contributed by atoms with Crippen molar-refractivity contribution >= 4 is 34.5 Å². The third-order valence-corrected chi connectivity index (χ3v) is 4.70. The monoisotopic (exact) mass is 295 g/mol. The topological polar surface area (TPSA) is 68.1 Å². The fourth-order valence-electron chi connectivity index (χ4n) is 1.58. The van der Waals surface area contributed by atoms with Gasteiger partial charge in [-0.05, 0) is 18.6 Å². The number of thiazole rings is 1. The normalized spacial score (nSPS) is 10.4. The molecule has 0 aliphatic rings. The molecule has 2 aromatic rings. The minimum Gasteiger partial charge on any atom is -0.383 e. The quantitative estimate of drug-likeness (QED) is 0.517. The standard InChI is InChI=1S/C12H13N3O2S2/c1-8-6-18-12(14-8)19-7-9-3-4-11(15(16)17)10(5-9)13-2/h3-6,13H,7H2,1-2H3. The lowest BCUT2D eigenvalue weighted by molar-refractivity contribution is -0.383. The Kier molecular flexibility index (Phi) is 4.39. The van der Waals surface area contributed by atoms with E-state index in [1.165, 1.54) is 6.07 Å². The second kappa shape index (κ2) is 6.03. The Morgan fingerprint density at radius 3 is 2.89 bits per heavy atom. The first-order valence-corrected chi connectivity index (χ1v) is 7.46. The number of hydrogen-bond donors (Lipinski definition) is 1. The van der Waals surface area contributed by atoms with E-state index < -0.39 is 0 Å². The second-order valence-corrected chi connectivity index (χ2v) is 5.98. The number of nitrogens with one attached hydrogen (secondary N) is 1. The predicted molar refractivity (Wildman–Crippen MR) is 79.1 cm³/mol. The van der Waals surface area contributed by atoms with Crippen LogP contribution in [0.15, 0.2) is 27.9 Å². The molecule has 1 aromatic heterocycles. The second-order valence-electron chi connectivity index (χ2n) is 3.90. The van der Waals surface area contributed by atoms with Crippen LogP contribution in [0.3, 0.4) is 0 Å². The summed E-state index contributed by atoms with van der Waals surface area (Å²) >= 11 is 3.25. The highest BCUT2D eigenvalue weighted by Gasteiger charge is 2.13. The molecule has 0 spiro atoms. The smallest absolute Gasteiger partial charge is 0.292 e. The van der Waals surface area contributed by atoms with Crippen LogP contribution in [-0.4, -0.2) is 17.0 Å². The van der Waals surface area contributed by atoms with E-state index in [0.717, 1.165) is 21.3 Å². The van der Waals surface area contributed by atoms with Gasteiger partial charge in [0.05, 0.1) is 4.92 Å². The SMILES string of the molecule is CNc1cc(CSc2nc(C)cs2)ccc1[N+](=O)[O-]. The molecular formula is C12H13N3O2S2. The van der Waals surface area contributed by atoms with Crippen LogP contribution in [0.5, 0.6) is 0 Å². The van der Waals surface area contributed by atoms with Crippen LogP contribution in [-0.2, 0) is 5.75 Å². The van der Waals surface area contributed by atoms with E-state index >= 15 is 0 Å². The van der Waals surface area contributed by atoms with Crippen LogP contribution in [0, 0.1) is 17.0 Å². The van der Waals surface area contributed by atoms with E-state index in [-0.39, 0.29) is 10.6 Å². The molecule has 1 heterocycles. The van der Waals surface area contributed by atoms with E-state index in [2.05, 4.69) is 10.3 Å². The average Bonchev–Trinajstić information content (AvgIpc) is 2.81. The molecule has 1 aromatic carbocycles. The zero-order valence-electron chi connectivity index (χ0n) is 10.5. The summed E-state index contributed by atoms with van der Waals surface area (Å²) < 4.78 is 1.02. The van der Waals surface area contributed by atoms with Gasteiger partial charge in [-0.1, -0.05) is 17.8 Å². The summed E-state index contributed by atoms with van der Waals surface area (Å²) in [6.45, 7) is 1.96. The summed E-state index contributed by atoms with van der Waals surface area (Å²) in [6.07, 6.45) is 0. The van der Waals surface area contributed by atoms with Crippen LogP contribution in [0.1, 0.15) is 11.3 Å². The molecule has 0 aliphatic carbocycles. The first kappa shape index (κ1) is 13.8. The lowest BCUT2D eigenvalue weighted by atomic mass is 10.2. The van der Waals surface area contributed by atoms with E-state index in [0.29, 0.717) is 5.69 Å². The summed E-state index contributed by atoms with van der Waals surface area (Å²) in [6, 6.07) is 5.13. The first-order chi connectivity index (χ1) is 9.10. The Bertz CT molecular complexity index is 598. The molecule has 7 heteroatoms. The number of nitro benzene ring substituents is 1. The average molecular weight is 295 g/mol. The molecule has 19 heavy (non-hydrogen) atoms. The highest BCUT2D eigenvalue weighted by atomic mass is 32.2. The molecule has 0 unspecified atom stereocenters. The summed E-state index contributed by atoms with van der Waals surface area (Å²) in [5.41, 5.74) is 2.69. The molecule has 2 rings (SSSR count). The van der Waals surface area contributed by atoms with Gasteiger partial charge in [0.25, 0.3) is 5.69 Å². The number of anilines is 1. The first-order valence-electron chi connectivity index (χ1n) is 5.60. The molecule has 1 N–H and O–H groups in total. The molecule has 0 bridgehead atoms. The van der Waals surface area contributed by atoms with Crippen molar-refractivity contribution in [3.05, 3.63) is 45.0 Å². The molecule has 0 amide bonds. The Balaban J connectivity index is 2.11. The molecule has 100 valence electrons. The zero-order chi connectivity index (χ0) is 13.8. The number of nitro groups is 1. The van der Waals surface area contributed by atoms with Crippen molar-refractivity contribution in [2.75, 3.05) is 12.4 Å². The summed E-state index contributed by atoms with van der Waals surface area (Å²) in [7, 11) is 1.68. The summed E-state index contributed by atoms with van der Waals surface area (Å²) in [5, 5.41) is 15.7. The molecular weight excluding hydrogens is 282 g/mol. The number of nitrogens with zero attached hydrogens (tertiary/aromatic N) is 2. The van der Waals surface area contributed by atoms with E-state index in [9.17, 15) is 10.1 Å². The van der Waals surface area contributed by atoms with Crippen LogP contribution in [0.25, 0.3) is 0 Å². The van der Waals surface area contributed by atoms with Crippen molar-refractivity contribution in [3.63, 3.8) is 0 Å². The van der Waals surface area contributed by atoms with Gasteiger partial charge in [-0.15, -0.1) is 11.3 Å². The summed E-state index contributed by atoms with van der Waals surface area (Å²) in [4.78, 5) is 14.8. The predicted octanol–water partition coefficient (Wildman–Crippen LogP) is 3.69. The van der Waals surface area contributed by atoms with Gasteiger partial charge < -0.3 is 5.32 Å². The maximum atomic E-state index is 10.8. The Labute approximate surface area is 119 Å². The minimum absolute atomic E-state index is 0.0985. The molecule has 0 saturated heterocycles. The maximum Gasteiger partial charge on any atom is 0.292 e. The van der Waals surface area contributed by atoms with Gasteiger partial charge in [0, 0.05) is 29.9 Å². The van der Waals surface area contributed by atoms with E-state index in [1.54, 1.807) is 36.2 Å². The number of aryl methyl sites for hydroxylation is 1. The van der Waals surface area contributed by atoms with Gasteiger partial charge >= 0.3 is 0 Å². The molecule has 5 nitrogen and oxygen atoms in total. The number of thioether (sulfide) groups is 1. The summed E-state index contributed by atoms with van der Waals surface area (Å²) in [5.74, 6) is 0.750. The van der Waals surface area contributed by atoms with Gasteiger partial charge in [-0.25, -0.2) is 4.98 Å². The van der Waals surface area contributed by atoms with Crippen molar-refractivity contribution in [1.82, 2.24) is 4.98 Å². The van der Waals surface area contributed by atoms with Crippen molar-refractivity contribution in [3.8, 4) is 0 Å². The molecule has 0 atom stereocenters. The zero-order valence-corrected chi connectivity index (χ0v) is 12.2. The van der Waals surface area contributed by atoms with E-state index in [1.807, 2.05) is 18.4 Å². The third kappa shape index (κ3) is 3.45. The van der Waals surface area contributed by atoms with Crippen LogP contribution < -0.4 is 5.32 Å². The highest BCUT2D eigenvalue weighted by Crippen LogP contribution is 2.30. The number of aromatic nitrogens is 1. The van der Waals surface area contributed by atoms with E-state index in [4.69, 9.17) is 0 Å². The van der Waals surface area contributed by atoms with Crippen molar-refractivity contribution in [2.45, 2.75) is 17.0 Å². The Morgan fingerprint density at radius 2 is 2.32 bits per heavy atom. The van der Waals surface area contributed by atoms with Crippen LogP contribution >= 0.6 is 23.1 Å². The van der Waals surface area contributed by atoms with Gasteiger partial charge in [0.15, 0.2) is 0 Å². The molecule has 0 radical (unpaired) electrons. The number of rotatable bonds is 5. The lowest BCUT2D eigenvalue weighted by Gasteiger charge is -2.05. The Hall–Kier alpha value is -1.60. The molecule has 0 fully saturated rings.